The zero-order valence-electron chi connectivity index (χ0n) is 15.0. The molecule has 0 aliphatic carbocycles. The standard InChI is InChI=1S/C20H23N3O3S/c1-2-12-21-27(25,26)19-7-5-6-16(15-19)20(24)22-17-8-10-18(11-9-17)23-13-3-4-14-23/h2,5-11,15,21H,1,3-4,12-14H2,(H,22,24). The molecule has 0 atom stereocenters. The lowest BCUT2D eigenvalue weighted by atomic mass is 10.2. The topological polar surface area (TPSA) is 78.5 Å². The number of carbonyl (C=O) groups is 1. The molecule has 1 aliphatic rings. The predicted molar refractivity (Wildman–Crippen MR) is 108 cm³/mol. The van der Waals surface area contributed by atoms with Gasteiger partial charge in [-0.2, -0.15) is 0 Å². The van der Waals surface area contributed by atoms with E-state index in [0.29, 0.717) is 5.69 Å². The van der Waals surface area contributed by atoms with Crippen LogP contribution >= 0.6 is 0 Å². The molecule has 0 aromatic heterocycles. The fourth-order valence-corrected chi connectivity index (χ4v) is 4.03. The molecule has 0 unspecified atom stereocenters. The summed E-state index contributed by atoms with van der Waals surface area (Å²) in [5.74, 6) is -0.357. The van der Waals surface area contributed by atoms with Gasteiger partial charge in [-0.1, -0.05) is 12.1 Å². The first-order valence-corrected chi connectivity index (χ1v) is 10.3. The summed E-state index contributed by atoms with van der Waals surface area (Å²) in [5, 5.41) is 2.81. The molecular weight excluding hydrogens is 362 g/mol. The Bertz CT molecular complexity index is 918. The van der Waals surface area contributed by atoms with Gasteiger partial charge in [-0.05, 0) is 55.3 Å². The first kappa shape index (κ1) is 19.1. The van der Waals surface area contributed by atoms with Crippen LogP contribution in [0, 0.1) is 0 Å². The number of sulfonamides is 1. The van der Waals surface area contributed by atoms with Gasteiger partial charge in [0.2, 0.25) is 10.0 Å². The highest BCUT2D eigenvalue weighted by molar-refractivity contribution is 7.89. The summed E-state index contributed by atoms with van der Waals surface area (Å²) < 4.78 is 26.8. The minimum absolute atomic E-state index is 0.0429. The first-order valence-electron chi connectivity index (χ1n) is 8.86. The van der Waals surface area contributed by atoms with E-state index in [1.54, 1.807) is 12.1 Å². The Morgan fingerprint density at radius 3 is 2.48 bits per heavy atom. The first-order chi connectivity index (χ1) is 13.0. The Labute approximate surface area is 159 Å². The molecule has 1 aliphatic heterocycles. The molecule has 1 heterocycles. The smallest absolute Gasteiger partial charge is 0.255 e. The molecular formula is C20H23N3O3S. The Kier molecular flexibility index (Phi) is 5.93. The lowest BCUT2D eigenvalue weighted by Gasteiger charge is -2.17. The molecule has 7 heteroatoms. The molecule has 27 heavy (non-hydrogen) atoms. The summed E-state index contributed by atoms with van der Waals surface area (Å²) in [5.41, 5.74) is 2.09. The number of amides is 1. The minimum atomic E-state index is -3.67. The lowest BCUT2D eigenvalue weighted by Crippen LogP contribution is -2.24. The van der Waals surface area contributed by atoms with Gasteiger partial charge in [-0.25, -0.2) is 13.1 Å². The third kappa shape index (κ3) is 4.75. The molecule has 3 rings (SSSR count). The summed E-state index contributed by atoms with van der Waals surface area (Å²) in [6.45, 7) is 5.74. The van der Waals surface area contributed by atoms with Gasteiger partial charge in [0.15, 0.2) is 0 Å². The van der Waals surface area contributed by atoms with Crippen LogP contribution < -0.4 is 14.9 Å². The molecule has 1 saturated heterocycles. The minimum Gasteiger partial charge on any atom is -0.372 e. The van der Waals surface area contributed by atoms with Gasteiger partial charge in [-0.15, -0.1) is 6.58 Å². The fourth-order valence-electron chi connectivity index (χ4n) is 2.99. The highest BCUT2D eigenvalue weighted by Crippen LogP contribution is 2.22. The summed E-state index contributed by atoms with van der Waals surface area (Å²) in [6, 6.07) is 13.6. The van der Waals surface area contributed by atoms with Gasteiger partial charge >= 0.3 is 0 Å². The number of hydrogen-bond donors (Lipinski definition) is 2. The largest absolute Gasteiger partial charge is 0.372 e. The number of rotatable bonds is 7. The molecule has 0 spiro atoms. The molecule has 142 valence electrons. The van der Waals surface area contributed by atoms with Crippen LogP contribution in [-0.4, -0.2) is 34.0 Å². The zero-order valence-corrected chi connectivity index (χ0v) is 15.8. The van der Waals surface area contributed by atoms with E-state index in [1.807, 2.05) is 24.3 Å². The number of benzene rings is 2. The number of nitrogens with zero attached hydrogens (tertiary/aromatic N) is 1. The Hall–Kier alpha value is -2.64. The molecule has 6 nitrogen and oxygen atoms in total. The van der Waals surface area contributed by atoms with Crippen molar-refractivity contribution in [2.75, 3.05) is 29.9 Å². The van der Waals surface area contributed by atoms with Gasteiger partial charge in [-0.3, -0.25) is 4.79 Å². The zero-order chi connectivity index (χ0) is 19.3. The van der Waals surface area contributed by atoms with Crippen molar-refractivity contribution in [2.24, 2.45) is 0 Å². The number of carbonyl (C=O) groups excluding carboxylic acids is 1. The predicted octanol–water partition coefficient (Wildman–Crippen LogP) is 3.00. The van der Waals surface area contributed by atoms with Crippen molar-refractivity contribution < 1.29 is 13.2 Å². The van der Waals surface area contributed by atoms with Crippen molar-refractivity contribution in [3.05, 3.63) is 66.7 Å². The van der Waals surface area contributed by atoms with Crippen LogP contribution in [0.15, 0.2) is 66.1 Å². The van der Waals surface area contributed by atoms with E-state index >= 15 is 0 Å². The maximum Gasteiger partial charge on any atom is 0.255 e. The van der Waals surface area contributed by atoms with Crippen LogP contribution in [0.25, 0.3) is 0 Å². The van der Waals surface area contributed by atoms with E-state index in [1.165, 1.54) is 31.1 Å². The average Bonchev–Trinajstić information content (AvgIpc) is 3.22. The molecule has 0 radical (unpaired) electrons. The number of nitrogens with one attached hydrogen (secondary N) is 2. The third-order valence-electron chi connectivity index (χ3n) is 4.42. The lowest BCUT2D eigenvalue weighted by molar-refractivity contribution is 0.102. The molecule has 0 bridgehead atoms. The average molecular weight is 385 g/mol. The van der Waals surface area contributed by atoms with E-state index < -0.39 is 10.0 Å². The van der Waals surface area contributed by atoms with Crippen molar-refractivity contribution in [2.45, 2.75) is 17.7 Å². The van der Waals surface area contributed by atoms with E-state index in [-0.39, 0.29) is 22.9 Å². The Morgan fingerprint density at radius 1 is 1.11 bits per heavy atom. The summed E-state index contributed by atoms with van der Waals surface area (Å²) in [4.78, 5) is 14.9. The van der Waals surface area contributed by atoms with E-state index in [9.17, 15) is 13.2 Å². The van der Waals surface area contributed by atoms with E-state index in [2.05, 4.69) is 21.5 Å². The van der Waals surface area contributed by atoms with Crippen LogP contribution in [0.4, 0.5) is 11.4 Å². The number of anilines is 2. The fraction of sp³-hybridized carbons (Fsp3) is 0.250. The van der Waals surface area contributed by atoms with Gasteiger partial charge in [0.05, 0.1) is 4.90 Å². The molecule has 1 fully saturated rings. The van der Waals surface area contributed by atoms with Crippen LogP contribution in [-0.2, 0) is 10.0 Å². The summed E-state index contributed by atoms with van der Waals surface area (Å²) >= 11 is 0. The highest BCUT2D eigenvalue weighted by atomic mass is 32.2. The quantitative estimate of drug-likeness (QED) is 0.718. The monoisotopic (exact) mass is 385 g/mol. The normalized spacial score (nSPS) is 14.1. The Morgan fingerprint density at radius 2 is 1.81 bits per heavy atom. The highest BCUT2D eigenvalue weighted by Gasteiger charge is 2.16. The van der Waals surface area contributed by atoms with Crippen LogP contribution in [0.2, 0.25) is 0 Å². The van der Waals surface area contributed by atoms with Crippen molar-refractivity contribution in [1.29, 1.82) is 0 Å². The second-order valence-corrected chi connectivity index (χ2v) is 8.13. The molecule has 2 aromatic carbocycles. The van der Waals surface area contributed by atoms with Gasteiger partial charge in [0, 0.05) is 36.6 Å². The third-order valence-corrected chi connectivity index (χ3v) is 5.84. The van der Waals surface area contributed by atoms with Crippen molar-refractivity contribution in [3.63, 3.8) is 0 Å². The SMILES string of the molecule is C=CCNS(=O)(=O)c1cccc(C(=O)Nc2ccc(N3CCCC3)cc2)c1. The van der Waals surface area contributed by atoms with Crippen molar-refractivity contribution in [1.82, 2.24) is 4.72 Å². The van der Waals surface area contributed by atoms with Crippen LogP contribution in [0.5, 0.6) is 0 Å². The second kappa shape index (κ2) is 8.37. The Balaban J connectivity index is 1.70. The van der Waals surface area contributed by atoms with E-state index in [4.69, 9.17) is 0 Å². The van der Waals surface area contributed by atoms with Gasteiger partial charge < -0.3 is 10.2 Å². The molecule has 2 N–H and O–H groups in total. The summed E-state index contributed by atoms with van der Waals surface area (Å²) in [7, 11) is -3.67. The van der Waals surface area contributed by atoms with E-state index in [0.717, 1.165) is 18.8 Å². The van der Waals surface area contributed by atoms with Crippen LogP contribution in [0.1, 0.15) is 23.2 Å². The molecule has 2 aromatic rings. The maximum atomic E-state index is 12.5. The molecule has 1 amide bonds. The maximum absolute atomic E-state index is 12.5. The van der Waals surface area contributed by atoms with Gasteiger partial charge in [0.25, 0.3) is 5.91 Å². The van der Waals surface area contributed by atoms with Crippen molar-refractivity contribution >= 4 is 27.3 Å². The number of hydrogen-bond acceptors (Lipinski definition) is 4. The second-order valence-electron chi connectivity index (χ2n) is 6.36. The van der Waals surface area contributed by atoms with Crippen molar-refractivity contribution in [3.8, 4) is 0 Å². The van der Waals surface area contributed by atoms with Gasteiger partial charge in [0.1, 0.15) is 0 Å². The van der Waals surface area contributed by atoms with Crippen LogP contribution in [0.3, 0.4) is 0 Å². The molecule has 0 saturated carbocycles. The summed E-state index contributed by atoms with van der Waals surface area (Å²) in [6.07, 6.45) is 3.87.